The molecule has 2 aliphatic heterocycles. The molecule has 0 spiro atoms. The van der Waals surface area contributed by atoms with Gasteiger partial charge < -0.3 is 144 Å². The molecule has 2 aliphatic rings. The molecule has 4 aromatic rings. The number of carbonyl (C=O) groups excluding carboxylic acids is 18. The second-order valence-electron chi connectivity index (χ2n) is 32.9. The van der Waals surface area contributed by atoms with Gasteiger partial charge in [0.05, 0.1) is 51.1 Å². The van der Waals surface area contributed by atoms with Gasteiger partial charge in [-0.2, -0.15) is 0 Å². The average molecular weight is 1890 g/mol. The molecule has 2 saturated heterocycles. The lowest BCUT2D eigenvalue weighted by molar-refractivity contribution is -0.148. The third-order valence-electron chi connectivity index (χ3n) is 21.6. The summed E-state index contributed by atoms with van der Waals surface area (Å²) >= 11 is 0. The summed E-state index contributed by atoms with van der Waals surface area (Å²) in [5.41, 5.74) is 29.7. The number of nitrogens with zero attached hydrogens (tertiary/aromatic N) is 3. The number of benzene rings is 3. The maximum Gasteiger partial charge on any atom is 0.326 e. The smallest absolute Gasteiger partial charge is 0.326 e. The second kappa shape index (κ2) is 55.5. The van der Waals surface area contributed by atoms with E-state index in [1.54, 1.807) is 74.5 Å². The topological polar surface area (TPSA) is 792 Å². The summed E-state index contributed by atoms with van der Waals surface area (Å²) in [7, 11) is 0. The van der Waals surface area contributed by atoms with Crippen molar-refractivity contribution in [2.24, 2.45) is 34.6 Å². The number of carbonyl (C=O) groups is 20. The number of nitrogens with two attached hydrogens (primary N) is 5. The Morgan fingerprint density at radius 2 is 0.948 bits per heavy atom. The number of H-pyrrole nitrogens is 1. The summed E-state index contributed by atoms with van der Waals surface area (Å²) in [5, 5.41) is 85.0. The number of aromatic nitrogens is 2. The third kappa shape index (κ3) is 38.1. The number of carboxylic acids is 2. The van der Waals surface area contributed by atoms with E-state index < -0.39 is 248 Å². The first-order valence-electron chi connectivity index (χ1n) is 43.9. The average Bonchev–Trinajstić information content (AvgIpc) is 1.73. The number of primary amides is 2. The minimum absolute atomic E-state index is 0.00113. The Labute approximate surface area is 775 Å². The molecule has 31 N–H and O–H groups in total. The number of amides is 18. The van der Waals surface area contributed by atoms with Crippen LogP contribution in [0.2, 0.25) is 0 Å². The summed E-state index contributed by atoms with van der Waals surface area (Å²) < 4.78 is 0. The van der Waals surface area contributed by atoms with E-state index in [1.165, 1.54) is 36.8 Å². The van der Waals surface area contributed by atoms with Crippen LogP contribution in [0, 0.1) is 11.3 Å². The number of imidazole rings is 1. The lowest BCUT2D eigenvalue weighted by atomic mass is 10.0. The highest BCUT2D eigenvalue weighted by molar-refractivity contribution is 6.01. The molecular weight excluding hydrogens is 1770 g/mol. The number of rotatable bonds is 57. The number of phenols is 1. The van der Waals surface area contributed by atoms with Gasteiger partial charge in [0.2, 0.25) is 106 Å². The zero-order valence-corrected chi connectivity index (χ0v) is 75.0. The van der Waals surface area contributed by atoms with Crippen molar-refractivity contribution in [2.75, 3.05) is 52.4 Å². The Morgan fingerprint density at radius 3 is 1.50 bits per heavy atom. The predicted octanol–water partition coefficient (Wildman–Crippen LogP) is -8.47. The summed E-state index contributed by atoms with van der Waals surface area (Å²) in [5.74, 6) is -20.8. The third-order valence-corrected chi connectivity index (χ3v) is 21.6. The highest BCUT2D eigenvalue weighted by atomic mass is 16.4. The van der Waals surface area contributed by atoms with Crippen LogP contribution in [0.4, 0.5) is 0 Å². The van der Waals surface area contributed by atoms with Gasteiger partial charge in [-0.15, -0.1) is 0 Å². The monoisotopic (exact) mass is 1890 g/mol. The molecule has 14 atom stereocenters. The van der Waals surface area contributed by atoms with Gasteiger partial charge in [0, 0.05) is 70.0 Å². The molecule has 135 heavy (non-hydrogen) atoms. The van der Waals surface area contributed by atoms with Crippen molar-refractivity contribution in [1.82, 2.24) is 99.5 Å². The molecule has 3 aromatic carbocycles. The first kappa shape index (κ1) is 109. The number of likely N-dealkylation sites (tertiary alicyclic amines) is 2. The fourth-order valence-corrected chi connectivity index (χ4v) is 14.6. The molecule has 0 radical (unpaired) electrons. The van der Waals surface area contributed by atoms with Gasteiger partial charge in [0.25, 0.3) is 0 Å². The number of aromatic hydroxyl groups is 1. The fraction of sp³-hybridized carbons (Fsp3) is 0.512. The van der Waals surface area contributed by atoms with Crippen LogP contribution in [0.1, 0.15) is 133 Å². The molecule has 0 unspecified atom stereocenters. The van der Waals surface area contributed by atoms with E-state index in [4.69, 9.17) is 34.1 Å². The molecule has 49 nitrogen and oxygen atoms in total. The van der Waals surface area contributed by atoms with Gasteiger partial charge in [0.15, 0.2) is 5.96 Å². The van der Waals surface area contributed by atoms with Crippen LogP contribution in [0.15, 0.2) is 97.5 Å². The van der Waals surface area contributed by atoms with Crippen LogP contribution in [-0.4, -0.2) is 301 Å². The van der Waals surface area contributed by atoms with E-state index in [-0.39, 0.29) is 134 Å². The van der Waals surface area contributed by atoms with E-state index in [0.717, 1.165) is 16.7 Å². The Bertz CT molecular complexity index is 4780. The van der Waals surface area contributed by atoms with Crippen LogP contribution in [-0.2, 0) is 122 Å². The summed E-state index contributed by atoms with van der Waals surface area (Å²) in [6.07, 6.45) is -2.02. The van der Waals surface area contributed by atoms with Crippen molar-refractivity contribution in [1.29, 1.82) is 5.41 Å². The number of aliphatic hydroxyl groups excluding tert-OH is 1. The van der Waals surface area contributed by atoms with E-state index in [9.17, 15) is 116 Å². The number of aliphatic hydroxyl groups is 1. The number of aromatic amines is 1. The number of guanidine groups is 1. The van der Waals surface area contributed by atoms with Crippen molar-refractivity contribution in [3.05, 3.63) is 120 Å². The van der Waals surface area contributed by atoms with E-state index in [2.05, 4.69) is 89.7 Å². The minimum Gasteiger partial charge on any atom is -0.508 e. The van der Waals surface area contributed by atoms with Crippen molar-refractivity contribution in [2.45, 2.75) is 221 Å². The number of nitrogens with one attached hydrogen (secondary N) is 17. The number of hydrogen-bond acceptors (Lipinski definition) is 26. The van der Waals surface area contributed by atoms with Crippen molar-refractivity contribution in [3.63, 3.8) is 0 Å². The number of carboxylic acid groups (broad SMARTS) is 2. The minimum atomic E-state index is -1.83. The van der Waals surface area contributed by atoms with Gasteiger partial charge in [-0.1, -0.05) is 86.6 Å². The zero-order chi connectivity index (χ0) is 99.5. The first-order chi connectivity index (χ1) is 64.1. The number of hydrogen-bond donors (Lipinski definition) is 26. The molecule has 1 aromatic heterocycles. The van der Waals surface area contributed by atoms with Gasteiger partial charge in [-0.05, 0) is 119 Å². The van der Waals surface area contributed by atoms with E-state index >= 15 is 0 Å². The van der Waals surface area contributed by atoms with Gasteiger partial charge >= 0.3 is 11.9 Å². The highest BCUT2D eigenvalue weighted by Gasteiger charge is 2.43. The molecule has 0 aliphatic carbocycles. The molecule has 0 saturated carbocycles. The van der Waals surface area contributed by atoms with E-state index in [0.29, 0.717) is 28.8 Å². The van der Waals surface area contributed by atoms with Crippen LogP contribution < -0.4 is 108 Å². The second-order valence-corrected chi connectivity index (χ2v) is 32.9. The van der Waals surface area contributed by atoms with Gasteiger partial charge in [-0.25, -0.2) is 9.78 Å². The van der Waals surface area contributed by atoms with Crippen molar-refractivity contribution in [3.8, 4) is 5.75 Å². The Hall–Kier alpha value is -14.8. The molecule has 2 fully saturated rings. The first-order valence-corrected chi connectivity index (χ1v) is 43.9. The van der Waals surface area contributed by atoms with Crippen molar-refractivity contribution >= 4 is 124 Å². The zero-order valence-electron chi connectivity index (χ0n) is 75.0. The molecule has 6 rings (SSSR count). The lowest BCUT2D eigenvalue weighted by Gasteiger charge is -2.31. The maximum atomic E-state index is 14.9. The predicted molar refractivity (Wildman–Crippen MR) is 479 cm³/mol. The molecular formula is C86H123N25O24. The summed E-state index contributed by atoms with van der Waals surface area (Å²) in [6.45, 7) is 1.35. The maximum absolute atomic E-state index is 14.9. The van der Waals surface area contributed by atoms with Crippen LogP contribution in [0.3, 0.4) is 0 Å². The Kier molecular flexibility index (Phi) is 44.8. The molecule has 3 heterocycles. The van der Waals surface area contributed by atoms with E-state index in [1.807, 2.05) is 0 Å². The quantitative estimate of drug-likeness (QED) is 0.0111. The standard InChI is InChI=1S/C86H123N25O24/c1-46(2)34-57(79(128)108-62(37-50-22-24-52(113)25-23-50)84(133)111-33-12-20-63(111)82(131)104-56(27-29-71(120)121)77(126)107-61(39-66(90)115)75(124)98-44-70(119)110-32-13-21-64(110)85(134)135)100-68(117)42-95-67(116)41-96-74(123)58(35-48-14-6-4-7-15-48)105-81(130)60(38-51-40-93-45-99-51)101-69(118)43-97-83(132)72(47(3)112)109-78(127)54(18-10-30-87)103-80(129)59(36-49-16-8-5-9-17-49)106-76(125)55(19-11-31-94-86(91)92)102-73(122)53(88)26-28-65(89)114/h4-9,14-17,22-25,40,45-47,53-64,72,112-113H,10-13,18-21,26-39,41-44,87-88H2,1-3H3,(H2,89,114)(H2,90,115)(H,93,99)(H,95,116)(H,96,123)(H,97,132)(H,98,124)(H,100,117)(H,101,118)(H,102,122)(H,103,129)(H,104,131)(H,105,130)(H,106,125)(H,107,126)(H,108,128)(H,109,127)(H,120,121)(H,134,135)(H4,91,92,94)/t47-,53+,54+,55+,56+,57+,58+,59+,60+,61+,62+,63+,64+,72+/m1/s1. The van der Waals surface area contributed by atoms with Crippen LogP contribution >= 0.6 is 0 Å². The van der Waals surface area contributed by atoms with Crippen molar-refractivity contribution < 1.29 is 116 Å². The summed E-state index contributed by atoms with van der Waals surface area (Å²) in [6, 6.07) is 2.57. The Balaban J connectivity index is 1.10. The van der Waals surface area contributed by atoms with Crippen LogP contribution in [0.25, 0.3) is 0 Å². The highest BCUT2D eigenvalue weighted by Crippen LogP contribution is 2.23. The Morgan fingerprint density at radius 1 is 0.474 bits per heavy atom. The van der Waals surface area contributed by atoms with Crippen LogP contribution in [0.5, 0.6) is 5.75 Å². The molecule has 49 heteroatoms. The molecule has 736 valence electrons. The largest absolute Gasteiger partial charge is 0.508 e. The SMILES string of the molecule is CC(C)C[C@H](NC(=O)CNC(=O)CNC(=O)[C@H](Cc1ccccc1)NC(=O)[C@H](Cc1cnc[nH]1)NC(=O)CNC(=O)[C@@H](NC(=O)[C@H](CCCN)NC(=O)[C@H](Cc1ccccc1)NC(=O)[C@H](CCCNC(=N)N)NC(=O)[C@@H](N)CCC(N)=O)[C@@H](C)O)C(=O)N[C@@H](Cc1ccc(O)cc1)C(=O)N1CCC[C@H]1C(=O)N[C@@H](CCC(=O)O)C(=O)N[C@@H](CC(N)=O)C(=O)NCC(=O)N1CCC[C@H]1C(=O)O. The normalized spacial score (nSPS) is 15.9. The molecule has 0 bridgehead atoms. The van der Waals surface area contributed by atoms with Gasteiger partial charge in [-0.3, -0.25) is 96.5 Å². The number of aliphatic carboxylic acids is 2. The fourth-order valence-electron chi connectivity index (χ4n) is 14.6. The lowest BCUT2D eigenvalue weighted by Crippen LogP contribution is -2.61. The van der Waals surface area contributed by atoms with Gasteiger partial charge in [0.1, 0.15) is 78.3 Å². The summed E-state index contributed by atoms with van der Waals surface area (Å²) in [4.78, 5) is 281. The number of phenolic OH excluding ortho intramolecular Hbond substituents is 1. The molecule has 18 amide bonds.